The van der Waals surface area contributed by atoms with Gasteiger partial charge in [-0.2, -0.15) is 0 Å². The molecule has 0 unspecified atom stereocenters. The molecule has 2 N–H and O–H groups in total. The molecule has 1 aromatic rings. The third kappa shape index (κ3) is 6.07. The van der Waals surface area contributed by atoms with E-state index in [1.165, 1.54) is 25.3 Å². The van der Waals surface area contributed by atoms with Gasteiger partial charge in [0, 0.05) is 20.1 Å². The number of nitrogens with zero attached hydrogens (tertiary/aromatic N) is 1. The lowest BCUT2D eigenvalue weighted by molar-refractivity contribution is 0.606. The van der Waals surface area contributed by atoms with Gasteiger partial charge in [-0.1, -0.05) is 31.0 Å². The van der Waals surface area contributed by atoms with E-state index in [0.29, 0.717) is 13.0 Å². The Morgan fingerprint density at radius 2 is 1.95 bits per heavy atom. The molecule has 0 saturated heterocycles. The zero-order valence-corrected chi connectivity index (χ0v) is 14.2. The van der Waals surface area contributed by atoms with Crippen LogP contribution in [0.4, 0.5) is 4.39 Å². The van der Waals surface area contributed by atoms with Gasteiger partial charge in [-0.05, 0) is 30.4 Å². The molecule has 0 bridgehead atoms. The number of rotatable bonds is 6. The molecule has 2 rings (SSSR count). The van der Waals surface area contributed by atoms with Crippen LogP contribution >= 0.6 is 24.0 Å². The van der Waals surface area contributed by atoms with Crippen molar-refractivity contribution in [3.05, 3.63) is 35.6 Å². The Hall–Kier alpha value is -0.850. The quantitative estimate of drug-likeness (QED) is 0.445. The van der Waals surface area contributed by atoms with Crippen molar-refractivity contribution in [3.63, 3.8) is 0 Å². The second-order valence-electron chi connectivity index (χ2n) is 5.00. The van der Waals surface area contributed by atoms with Gasteiger partial charge in [0.25, 0.3) is 0 Å². The molecule has 1 aliphatic carbocycles. The van der Waals surface area contributed by atoms with Crippen LogP contribution in [-0.4, -0.2) is 26.1 Å². The highest BCUT2D eigenvalue weighted by molar-refractivity contribution is 14.0. The SMILES string of the molecule is CN=C(NCCc1ccccc1F)NCCC1CC1.I. The topological polar surface area (TPSA) is 36.4 Å². The molecule has 1 saturated carbocycles. The number of benzene rings is 1. The minimum Gasteiger partial charge on any atom is -0.356 e. The van der Waals surface area contributed by atoms with Crippen molar-refractivity contribution in [2.45, 2.75) is 25.7 Å². The van der Waals surface area contributed by atoms with Gasteiger partial charge in [0.15, 0.2) is 5.96 Å². The summed E-state index contributed by atoms with van der Waals surface area (Å²) in [4.78, 5) is 4.16. The minimum atomic E-state index is -0.138. The molecule has 0 spiro atoms. The summed E-state index contributed by atoms with van der Waals surface area (Å²) in [7, 11) is 1.76. The van der Waals surface area contributed by atoms with Gasteiger partial charge in [0.2, 0.25) is 0 Å². The molecule has 0 aromatic heterocycles. The highest BCUT2D eigenvalue weighted by Crippen LogP contribution is 2.31. The highest BCUT2D eigenvalue weighted by atomic mass is 127. The van der Waals surface area contributed by atoms with Crippen LogP contribution in [0.15, 0.2) is 29.3 Å². The lowest BCUT2D eigenvalue weighted by atomic mass is 10.1. The summed E-state index contributed by atoms with van der Waals surface area (Å²) in [5, 5.41) is 6.50. The standard InChI is InChI=1S/C15H22FN3.HI/c1-17-15(18-10-8-12-6-7-12)19-11-9-13-4-2-3-5-14(13)16;/h2-5,12H,6-11H2,1H3,(H2,17,18,19);1H. The van der Waals surface area contributed by atoms with Gasteiger partial charge >= 0.3 is 0 Å². The second kappa shape index (κ2) is 9.15. The van der Waals surface area contributed by atoms with Crippen molar-refractivity contribution in [1.29, 1.82) is 0 Å². The van der Waals surface area contributed by atoms with Gasteiger partial charge in [0.05, 0.1) is 0 Å². The van der Waals surface area contributed by atoms with E-state index >= 15 is 0 Å². The van der Waals surface area contributed by atoms with E-state index in [2.05, 4.69) is 15.6 Å². The molecule has 0 aliphatic heterocycles. The molecule has 0 amide bonds. The van der Waals surface area contributed by atoms with Gasteiger partial charge in [-0.3, -0.25) is 4.99 Å². The Balaban J connectivity index is 0.00000200. The van der Waals surface area contributed by atoms with E-state index in [9.17, 15) is 4.39 Å². The van der Waals surface area contributed by atoms with Crippen LogP contribution in [0, 0.1) is 11.7 Å². The molecular weight excluding hydrogens is 368 g/mol. The predicted octanol–water partition coefficient (Wildman–Crippen LogP) is 2.95. The van der Waals surface area contributed by atoms with Crippen LogP contribution in [0.3, 0.4) is 0 Å². The third-order valence-electron chi connectivity index (χ3n) is 3.41. The van der Waals surface area contributed by atoms with Crippen LogP contribution in [0.5, 0.6) is 0 Å². The molecule has 0 atom stereocenters. The first kappa shape index (κ1) is 17.2. The van der Waals surface area contributed by atoms with Crippen molar-refractivity contribution in [2.24, 2.45) is 10.9 Å². The molecule has 1 aromatic carbocycles. The van der Waals surface area contributed by atoms with E-state index in [0.717, 1.165) is 24.0 Å². The van der Waals surface area contributed by atoms with Crippen LogP contribution in [0.1, 0.15) is 24.8 Å². The fraction of sp³-hybridized carbons (Fsp3) is 0.533. The summed E-state index contributed by atoms with van der Waals surface area (Å²) in [6.07, 6.45) is 4.63. The average Bonchev–Trinajstić information content (AvgIpc) is 3.23. The Morgan fingerprint density at radius 1 is 1.25 bits per heavy atom. The van der Waals surface area contributed by atoms with Crippen molar-refractivity contribution >= 4 is 29.9 Å². The summed E-state index contributed by atoms with van der Waals surface area (Å²) < 4.78 is 13.4. The van der Waals surface area contributed by atoms with E-state index in [1.807, 2.05) is 12.1 Å². The van der Waals surface area contributed by atoms with Crippen LogP contribution in [0.25, 0.3) is 0 Å². The van der Waals surface area contributed by atoms with Crippen LogP contribution in [0.2, 0.25) is 0 Å². The number of hydrogen-bond donors (Lipinski definition) is 2. The monoisotopic (exact) mass is 391 g/mol. The first-order valence-electron chi connectivity index (χ1n) is 6.97. The van der Waals surface area contributed by atoms with Crippen molar-refractivity contribution in [3.8, 4) is 0 Å². The number of guanidine groups is 1. The first-order chi connectivity index (χ1) is 9.29. The smallest absolute Gasteiger partial charge is 0.190 e. The Bertz CT molecular complexity index is 433. The fourth-order valence-electron chi connectivity index (χ4n) is 2.04. The molecule has 112 valence electrons. The van der Waals surface area contributed by atoms with Crippen molar-refractivity contribution in [1.82, 2.24) is 10.6 Å². The third-order valence-corrected chi connectivity index (χ3v) is 3.41. The van der Waals surface area contributed by atoms with Gasteiger partial charge in [0.1, 0.15) is 5.82 Å². The zero-order chi connectivity index (χ0) is 13.5. The van der Waals surface area contributed by atoms with Crippen LogP contribution in [-0.2, 0) is 6.42 Å². The number of nitrogens with one attached hydrogen (secondary N) is 2. The van der Waals surface area contributed by atoms with E-state index in [4.69, 9.17) is 0 Å². The van der Waals surface area contributed by atoms with Gasteiger partial charge < -0.3 is 10.6 Å². The number of halogens is 2. The lowest BCUT2D eigenvalue weighted by Crippen LogP contribution is -2.38. The van der Waals surface area contributed by atoms with E-state index in [1.54, 1.807) is 13.1 Å². The first-order valence-corrected chi connectivity index (χ1v) is 6.97. The summed E-state index contributed by atoms with van der Waals surface area (Å²) in [5.41, 5.74) is 0.739. The Morgan fingerprint density at radius 3 is 2.60 bits per heavy atom. The molecule has 1 fully saturated rings. The minimum absolute atomic E-state index is 0. The predicted molar refractivity (Wildman–Crippen MR) is 92.2 cm³/mol. The molecule has 3 nitrogen and oxygen atoms in total. The van der Waals surface area contributed by atoms with Gasteiger partial charge in [-0.25, -0.2) is 4.39 Å². The molecule has 0 heterocycles. The molecule has 20 heavy (non-hydrogen) atoms. The highest BCUT2D eigenvalue weighted by Gasteiger charge is 2.20. The Labute approximate surface area is 137 Å². The summed E-state index contributed by atoms with van der Waals surface area (Å²) in [6, 6.07) is 6.89. The maximum atomic E-state index is 13.4. The molecule has 5 heteroatoms. The molecule has 0 radical (unpaired) electrons. The van der Waals surface area contributed by atoms with Crippen molar-refractivity contribution in [2.75, 3.05) is 20.1 Å². The number of hydrogen-bond acceptors (Lipinski definition) is 1. The summed E-state index contributed by atoms with van der Waals surface area (Å²) in [5.74, 6) is 1.59. The largest absolute Gasteiger partial charge is 0.356 e. The average molecular weight is 391 g/mol. The molecule has 1 aliphatic rings. The van der Waals surface area contributed by atoms with E-state index in [-0.39, 0.29) is 29.8 Å². The molecular formula is C15H23FIN3. The Kier molecular flexibility index (Phi) is 7.87. The van der Waals surface area contributed by atoms with E-state index < -0.39 is 0 Å². The van der Waals surface area contributed by atoms with Crippen molar-refractivity contribution < 1.29 is 4.39 Å². The van der Waals surface area contributed by atoms with Crippen LogP contribution < -0.4 is 10.6 Å². The normalized spacial score (nSPS) is 14.6. The zero-order valence-electron chi connectivity index (χ0n) is 11.9. The summed E-state index contributed by atoms with van der Waals surface area (Å²) in [6.45, 7) is 1.65. The second-order valence-corrected chi connectivity index (χ2v) is 5.00. The number of aliphatic imine (C=N–C) groups is 1. The fourth-order valence-corrected chi connectivity index (χ4v) is 2.04. The maximum absolute atomic E-state index is 13.4. The summed E-state index contributed by atoms with van der Waals surface area (Å²) >= 11 is 0. The lowest BCUT2D eigenvalue weighted by Gasteiger charge is -2.11. The maximum Gasteiger partial charge on any atom is 0.190 e. The van der Waals surface area contributed by atoms with Gasteiger partial charge in [-0.15, -0.1) is 24.0 Å².